The van der Waals surface area contributed by atoms with Gasteiger partial charge in [-0.05, 0) is 61.8 Å². The molecule has 0 spiro atoms. The number of halogens is 1. The topological polar surface area (TPSA) is 90.9 Å². The van der Waals surface area contributed by atoms with Crippen molar-refractivity contribution in [3.05, 3.63) is 48.5 Å². The molecule has 5 rings (SSSR count). The van der Waals surface area contributed by atoms with E-state index in [4.69, 9.17) is 5.26 Å². The van der Waals surface area contributed by atoms with Crippen LogP contribution in [0.5, 0.6) is 5.75 Å². The molecule has 8 heteroatoms. The van der Waals surface area contributed by atoms with Crippen molar-refractivity contribution in [3.63, 3.8) is 0 Å². The smallest absolute Gasteiger partial charge is 0.158 e. The zero-order valence-corrected chi connectivity index (χ0v) is 17.2. The van der Waals surface area contributed by atoms with Crippen molar-refractivity contribution in [3.8, 4) is 28.8 Å². The van der Waals surface area contributed by atoms with Crippen LogP contribution >= 0.6 is 0 Å². The van der Waals surface area contributed by atoms with Crippen LogP contribution in [0.2, 0.25) is 0 Å². The zero-order chi connectivity index (χ0) is 21.5. The van der Waals surface area contributed by atoms with E-state index in [0.29, 0.717) is 34.4 Å². The lowest BCUT2D eigenvalue weighted by atomic mass is 9.83. The molecule has 0 radical (unpaired) electrons. The molecule has 7 nitrogen and oxygen atoms in total. The molecule has 0 unspecified atom stereocenters. The van der Waals surface area contributed by atoms with Crippen molar-refractivity contribution in [1.29, 1.82) is 5.26 Å². The fraction of sp³-hybridized carbons (Fsp3) is 0.391. The molecule has 0 saturated heterocycles. The maximum Gasteiger partial charge on any atom is 0.158 e. The van der Waals surface area contributed by atoms with E-state index in [1.165, 1.54) is 6.33 Å². The van der Waals surface area contributed by atoms with E-state index in [1.807, 2.05) is 30.1 Å². The van der Waals surface area contributed by atoms with E-state index in [0.717, 1.165) is 25.7 Å². The van der Waals surface area contributed by atoms with Gasteiger partial charge in [0.15, 0.2) is 11.5 Å². The number of nitriles is 1. The number of nitrogens with zero attached hydrogens (tertiary/aromatic N) is 6. The van der Waals surface area contributed by atoms with Gasteiger partial charge in [0.05, 0.1) is 17.4 Å². The minimum Gasteiger partial charge on any atom is -0.507 e. The second-order valence-corrected chi connectivity index (χ2v) is 8.55. The molecule has 2 fully saturated rings. The maximum absolute atomic E-state index is 14.9. The summed E-state index contributed by atoms with van der Waals surface area (Å²) in [6.07, 6.45) is 6.29. The Morgan fingerprint density at radius 2 is 2.06 bits per heavy atom. The van der Waals surface area contributed by atoms with Gasteiger partial charge >= 0.3 is 0 Å². The van der Waals surface area contributed by atoms with E-state index >= 15 is 0 Å². The van der Waals surface area contributed by atoms with Crippen molar-refractivity contribution in [2.24, 2.45) is 11.8 Å². The lowest BCUT2D eigenvalue weighted by Gasteiger charge is -2.38. The Morgan fingerprint density at radius 1 is 1.19 bits per heavy atom. The number of phenolic OH excluding ortho intramolecular Hbond substituents is 1. The first-order chi connectivity index (χ1) is 15.0. The van der Waals surface area contributed by atoms with Gasteiger partial charge in [-0.2, -0.15) is 5.26 Å². The van der Waals surface area contributed by atoms with Gasteiger partial charge < -0.3 is 14.6 Å². The third-order valence-electron chi connectivity index (χ3n) is 6.74. The minimum atomic E-state index is -0.827. The zero-order valence-electron chi connectivity index (χ0n) is 17.2. The molecule has 2 saturated carbocycles. The van der Waals surface area contributed by atoms with Crippen molar-refractivity contribution < 1.29 is 9.50 Å². The van der Waals surface area contributed by atoms with Gasteiger partial charge in [-0.1, -0.05) is 0 Å². The van der Waals surface area contributed by atoms with Crippen molar-refractivity contribution in [1.82, 2.24) is 19.7 Å². The van der Waals surface area contributed by atoms with Crippen LogP contribution < -0.4 is 4.90 Å². The van der Waals surface area contributed by atoms with Gasteiger partial charge in [0.25, 0.3) is 0 Å². The first kappa shape index (κ1) is 19.5. The number of phenols is 1. The molecule has 2 bridgehead atoms. The molecular weight excluding hydrogens is 395 g/mol. The maximum atomic E-state index is 14.9. The van der Waals surface area contributed by atoms with E-state index in [1.54, 1.807) is 29.0 Å². The van der Waals surface area contributed by atoms with Gasteiger partial charge in [-0.15, -0.1) is 10.2 Å². The third kappa shape index (κ3) is 3.50. The predicted octanol–water partition coefficient (Wildman–Crippen LogP) is 3.87. The van der Waals surface area contributed by atoms with Crippen LogP contribution in [0.4, 0.5) is 10.2 Å². The highest BCUT2D eigenvalue weighted by molar-refractivity contribution is 5.69. The Kier molecular flexibility index (Phi) is 4.81. The van der Waals surface area contributed by atoms with Gasteiger partial charge in [0.1, 0.15) is 24.3 Å². The summed E-state index contributed by atoms with van der Waals surface area (Å²) in [5, 5.41) is 28.1. The molecule has 2 aliphatic carbocycles. The van der Waals surface area contributed by atoms with Gasteiger partial charge in [0, 0.05) is 24.9 Å². The monoisotopic (exact) mass is 418 g/mol. The number of hydrogen-bond acceptors (Lipinski definition) is 6. The van der Waals surface area contributed by atoms with Gasteiger partial charge in [-0.3, -0.25) is 0 Å². The molecule has 2 aliphatic rings. The normalized spacial score (nSPS) is 24.7. The SMILES string of the molecule is CN(c1ccc(-c2ccc(-n3cnc(C#N)c3)cc2O)nn1)[C@@H]1C[C@H]2CC[C@H](C2)[C@@H]1F. The average Bonchev–Trinajstić information content (AvgIpc) is 3.43. The number of alkyl halides is 1. The number of rotatable bonds is 4. The first-order valence-electron chi connectivity index (χ1n) is 10.5. The number of fused-ring (bicyclic) bond motifs is 2. The summed E-state index contributed by atoms with van der Waals surface area (Å²) < 4.78 is 16.6. The minimum absolute atomic E-state index is 0.0489. The average molecular weight is 418 g/mol. The molecule has 31 heavy (non-hydrogen) atoms. The Hall–Kier alpha value is -3.47. The van der Waals surface area contributed by atoms with Gasteiger partial charge in [-0.25, -0.2) is 9.37 Å². The fourth-order valence-corrected chi connectivity index (χ4v) is 5.02. The fourth-order valence-electron chi connectivity index (χ4n) is 5.02. The summed E-state index contributed by atoms with van der Waals surface area (Å²) >= 11 is 0. The summed E-state index contributed by atoms with van der Waals surface area (Å²) in [7, 11) is 1.89. The second kappa shape index (κ2) is 7.65. The number of anilines is 1. The van der Waals surface area contributed by atoms with E-state index in [-0.39, 0.29) is 17.7 Å². The van der Waals surface area contributed by atoms with Crippen LogP contribution in [0.25, 0.3) is 16.9 Å². The summed E-state index contributed by atoms with van der Waals surface area (Å²) in [5.41, 5.74) is 2.06. The van der Waals surface area contributed by atoms with Crippen molar-refractivity contribution in [2.75, 3.05) is 11.9 Å². The Labute approximate surface area is 179 Å². The number of aromatic hydroxyl groups is 1. The number of aromatic nitrogens is 4. The van der Waals surface area contributed by atoms with Crippen molar-refractivity contribution in [2.45, 2.75) is 37.9 Å². The van der Waals surface area contributed by atoms with Crippen LogP contribution in [0, 0.1) is 23.2 Å². The molecule has 0 amide bonds. The highest BCUT2D eigenvalue weighted by Crippen LogP contribution is 2.45. The number of imidazole rings is 1. The van der Waals surface area contributed by atoms with E-state index in [2.05, 4.69) is 15.2 Å². The molecule has 2 heterocycles. The van der Waals surface area contributed by atoms with Crippen LogP contribution in [-0.2, 0) is 0 Å². The predicted molar refractivity (Wildman–Crippen MR) is 114 cm³/mol. The lowest BCUT2D eigenvalue weighted by Crippen LogP contribution is -2.46. The van der Waals surface area contributed by atoms with E-state index < -0.39 is 6.17 Å². The molecule has 1 N–H and O–H groups in total. The second-order valence-electron chi connectivity index (χ2n) is 8.55. The number of benzene rings is 1. The molecule has 3 aromatic rings. The standard InChI is InChI=1S/C23H23FN6O/c1-29(20-9-14-2-3-15(8-14)23(20)24)22-7-6-19(27-28-22)18-5-4-17(10-21(18)31)30-12-16(11-25)26-13-30/h4-7,10,12-15,20,23,31H,2-3,8-9H2,1H3/t14-,15+,20+,23-/m0/s1. The summed E-state index contributed by atoms with van der Waals surface area (Å²) in [4.78, 5) is 5.89. The van der Waals surface area contributed by atoms with E-state index in [9.17, 15) is 9.50 Å². The number of hydrogen-bond donors (Lipinski definition) is 1. The highest BCUT2D eigenvalue weighted by atomic mass is 19.1. The van der Waals surface area contributed by atoms with Crippen molar-refractivity contribution >= 4 is 5.82 Å². The summed E-state index contributed by atoms with van der Waals surface area (Å²) in [6.45, 7) is 0. The molecule has 0 aliphatic heterocycles. The largest absolute Gasteiger partial charge is 0.507 e. The Morgan fingerprint density at radius 3 is 2.77 bits per heavy atom. The summed E-state index contributed by atoms with van der Waals surface area (Å²) in [6, 6.07) is 10.6. The highest BCUT2D eigenvalue weighted by Gasteiger charge is 2.44. The molecule has 2 aromatic heterocycles. The van der Waals surface area contributed by atoms with Crippen LogP contribution in [-0.4, -0.2) is 44.1 Å². The molecule has 1 aromatic carbocycles. The Balaban J connectivity index is 1.35. The van der Waals surface area contributed by atoms with Crippen LogP contribution in [0.3, 0.4) is 0 Å². The quantitative estimate of drug-likeness (QED) is 0.692. The Bertz CT molecular complexity index is 1140. The van der Waals surface area contributed by atoms with Crippen LogP contribution in [0.15, 0.2) is 42.9 Å². The molecule has 158 valence electrons. The van der Waals surface area contributed by atoms with Crippen LogP contribution in [0.1, 0.15) is 31.4 Å². The first-order valence-corrected chi connectivity index (χ1v) is 10.5. The molecule has 4 atom stereocenters. The molecular formula is C23H23FN6O. The lowest BCUT2D eigenvalue weighted by molar-refractivity contribution is 0.144. The van der Waals surface area contributed by atoms with Gasteiger partial charge in [0.2, 0.25) is 0 Å². The summed E-state index contributed by atoms with van der Waals surface area (Å²) in [5.74, 6) is 1.48. The third-order valence-corrected chi connectivity index (χ3v) is 6.74.